The molecule has 10 heteroatoms. The third-order valence-electron chi connectivity index (χ3n) is 4.80. The number of esters is 1. The Bertz CT molecular complexity index is 1440. The van der Waals surface area contributed by atoms with Crippen LogP contribution in [0.5, 0.6) is 5.75 Å². The van der Waals surface area contributed by atoms with Crippen molar-refractivity contribution in [2.75, 3.05) is 0 Å². The molecule has 35 heavy (non-hydrogen) atoms. The van der Waals surface area contributed by atoms with Gasteiger partial charge in [0, 0.05) is 15.6 Å². The Hall–Kier alpha value is -3.63. The van der Waals surface area contributed by atoms with E-state index in [0.717, 1.165) is 11.6 Å². The van der Waals surface area contributed by atoms with Crippen molar-refractivity contribution in [2.45, 2.75) is 6.92 Å². The van der Waals surface area contributed by atoms with E-state index in [2.05, 4.69) is 47.5 Å². The van der Waals surface area contributed by atoms with E-state index >= 15 is 0 Å². The van der Waals surface area contributed by atoms with Crippen LogP contribution in [0.15, 0.2) is 85.3 Å². The van der Waals surface area contributed by atoms with E-state index in [0.29, 0.717) is 26.0 Å². The standard InChI is InChI=1S/C25H16Br2FN3O4/c1-14-21(22(31-35-14)15-6-3-2-4-7-15)24(32)30-29-13-17-10-18(26)12-20(27)23(17)34-25(33)16-8-5-9-19(28)11-16/h2-13H,1H3,(H,30,32)/b29-13+. The Kier molecular flexibility index (Phi) is 7.52. The van der Waals surface area contributed by atoms with Gasteiger partial charge in [-0.05, 0) is 53.2 Å². The van der Waals surface area contributed by atoms with Crippen LogP contribution >= 0.6 is 31.9 Å². The first-order valence-electron chi connectivity index (χ1n) is 10.2. The van der Waals surface area contributed by atoms with Crippen LogP contribution in [0.1, 0.15) is 32.0 Å². The largest absolute Gasteiger partial charge is 0.421 e. The predicted molar refractivity (Wildman–Crippen MR) is 135 cm³/mol. The summed E-state index contributed by atoms with van der Waals surface area (Å²) < 4.78 is 25.3. The second kappa shape index (κ2) is 10.7. The number of nitrogens with one attached hydrogen (secondary N) is 1. The molecule has 0 bridgehead atoms. The van der Waals surface area contributed by atoms with Crippen LogP contribution in [0.2, 0.25) is 0 Å². The Morgan fingerprint density at radius 2 is 1.86 bits per heavy atom. The maximum absolute atomic E-state index is 13.5. The van der Waals surface area contributed by atoms with E-state index in [1.165, 1.54) is 24.4 Å². The summed E-state index contributed by atoms with van der Waals surface area (Å²) in [5.74, 6) is -1.35. The quantitative estimate of drug-likeness (QED) is 0.121. The third kappa shape index (κ3) is 5.72. The SMILES string of the molecule is Cc1onc(-c2ccccc2)c1C(=O)N/N=C/c1cc(Br)cc(Br)c1OC(=O)c1cccc(F)c1. The highest BCUT2D eigenvalue weighted by Gasteiger charge is 2.21. The average Bonchev–Trinajstić information content (AvgIpc) is 3.23. The van der Waals surface area contributed by atoms with Gasteiger partial charge in [-0.1, -0.05) is 57.5 Å². The summed E-state index contributed by atoms with van der Waals surface area (Å²) in [6, 6.07) is 17.6. The van der Waals surface area contributed by atoms with Crippen molar-refractivity contribution in [3.8, 4) is 17.0 Å². The molecule has 0 fully saturated rings. The van der Waals surface area contributed by atoms with Gasteiger partial charge in [-0.15, -0.1) is 0 Å². The minimum Gasteiger partial charge on any atom is -0.421 e. The zero-order chi connectivity index (χ0) is 24.9. The van der Waals surface area contributed by atoms with Crippen molar-refractivity contribution in [3.05, 3.63) is 104 Å². The first kappa shape index (κ1) is 24.5. The summed E-state index contributed by atoms with van der Waals surface area (Å²) in [5.41, 5.74) is 4.25. The lowest BCUT2D eigenvalue weighted by Gasteiger charge is -2.10. The van der Waals surface area contributed by atoms with Gasteiger partial charge in [-0.2, -0.15) is 5.10 Å². The van der Waals surface area contributed by atoms with Crippen LogP contribution in [0.4, 0.5) is 4.39 Å². The lowest BCUT2D eigenvalue weighted by Crippen LogP contribution is -2.19. The van der Waals surface area contributed by atoms with Gasteiger partial charge in [0.05, 0.1) is 16.3 Å². The number of aryl methyl sites for hydroxylation is 1. The fraction of sp³-hybridized carbons (Fsp3) is 0.0400. The smallest absolute Gasteiger partial charge is 0.343 e. The summed E-state index contributed by atoms with van der Waals surface area (Å²) in [6.07, 6.45) is 1.33. The highest BCUT2D eigenvalue weighted by atomic mass is 79.9. The van der Waals surface area contributed by atoms with Gasteiger partial charge in [0.15, 0.2) is 5.75 Å². The number of rotatable bonds is 6. The number of ether oxygens (including phenoxy) is 1. The van der Waals surface area contributed by atoms with Crippen LogP contribution in [0.25, 0.3) is 11.3 Å². The minimum atomic E-state index is -0.751. The van der Waals surface area contributed by atoms with Gasteiger partial charge in [0.1, 0.15) is 22.8 Å². The molecule has 1 amide bonds. The number of hydrogen-bond donors (Lipinski definition) is 1. The molecule has 0 saturated heterocycles. The molecule has 7 nitrogen and oxygen atoms in total. The number of carbonyl (C=O) groups excluding carboxylic acids is 2. The number of hydrogen-bond acceptors (Lipinski definition) is 6. The van der Waals surface area contributed by atoms with Crippen molar-refractivity contribution < 1.29 is 23.2 Å². The fourth-order valence-electron chi connectivity index (χ4n) is 3.20. The zero-order valence-corrected chi connectivity index (χ0v) is 21.3. The molecule has 4 rings (SSSR count). The number of carbonyl (C=O) groups is 2. The number of aromatic nitrogens is 1. The molecule has 0 radical (unpaired) electrons. The lowest BCUT2D eigenvalue weighted by molar-refractivity contribution is 0.0732. The maximum Gasteiger partial charge on any atom is 0.343 e. The molecule has 0 unspecified atom stereocenters. The number of benzene rings is 3. The van der Waals surface area contributed by atoms with Gasteiger partial charge in [-0.3, -0.25) is 4.79 Å². The Morgan fingerprint density at radius 3 is 2.60 bits per heavy atom. The molecule has 1 N–H and O–H groups in total. The number of hydrazone groups is 1. The van der Waals surface area contributed by atoms with Crippen LogP contribution in [-0.4, -0.2) is 23.2 Å². The van der Waals surface area contributed by atoms with E-state index in [1.807, 2.05) is 30.3 Å². The van der Waals surface area contributed by atoms with Crippen molar-refractivity contribution >= 4 is 50.0 Å². The molecule has 1 aromatic heterocycles. The highest BCUT2D eigenvalue weighted by Crippen LogP contribution is 2.33. The minimum absolute atomic E-state index is 0.0485. The summed E-state index contributed by atoms with van der Waals surface area (Å²) in [6.45, 7) is 1.63. The molecule has 0 saturated carbocycles. The van der Waals surface area contributed by atoms with Gasteiger partial charge in [-0.25, -0.2) is 14.6 Å². The number of amides is 1. The summed E-state index contributed by atoms with van der Waals surface area (Å²) in [5, 5.41) is 8.02. The number of halogens is 3. The van der Waals surface area contributed by atoms with Gasteiger partial charge < -0.3 is 9.26 Å². The average molecular weight is 601 g/mol. The second-order valence-corrected chi connectivity index (χ2v) is 9.00. The predicted octanol–water partition coefficient (Wildman–Crippen LogP) is 6.30. The first-order valence-corrected chi connectivity index (χ1v) is 11.7. The molecule has 0 atom stereocenters. The summed E-state index contributed by atoms with van der Waals surface area (Å²) in [4.78, 5) is 25.4. The number of nitrogens with zero attached hydrogens (tertiary/aromatic N) is 2. The van der Waals surface area contributed by atoms with E-state index < -0.39 is 17.7 Å². The maximum atomic E-state index is 13.5. The molecule has 0 aliphatic rings. The van der Waals surface area contributed by atoms with Gasteiger partial charge >= 0.3 is 5.97 Å². The van der Waals surface area contributed by atoms with E-state index in [1.54, 1.807) is 19.1 Å². The molecule has 1 heterocycles. The van der Waals surface area contributed by atoms with Gasteiger partial charge in [0.25, 0.3) is 5.91 Å². The molecular weight excluding hydrogens is 585 g/mol. The van der Waals surface area contributed by atoms with E-state index in [-0.39, 0.29) is 16.9 Å². The van der Waals surface area contributed by atoms with E-state index in [4.69, 9.17) is 9.26 Å². The molecule has 0 aliphatic carbocycles. The van der Waals surface area contributed by atoms with E-state index in [9.17, 15) is 14.0 Å². The Labute approximate surface area is 216 Å². The second-order valence-electron chi connectivity index (χ2n) is 7.23. The van der Waals surface area contributed by atoms with Crippen molar-refractivity contribution in [3.63, 3.8) is 0 Å². The summed E-state index contributed by atoms with van der Waals surface area (Å²) >= 11 is 6.74. The van der Waals surface area contributed by atoms with Gasteiger partial charge in [0.2, 0.25) is 0 Å². The molecule has 0 aliphatic heterocycles. The molecule has 4 aromatic rings. The third-order valence-corrected chi connectivity index (χ3v) is 5.85. The van der Waals surface area contributed by atoms with Crippen molar-refractivity contribution in [1.29, 1.82) is 0 Å². The zero-order valence-electron chi connectivity index (χ0n) is 18.1. The monoisotopic (exact) mass is 599 g/mol. The molecule has 3 aromatic carbocycles. The van der Waals surface area contributed by atoms with Crippen LogP contribution in [-0.2, 0) is 0 Å². The highest BCUT2D eigenvalue weighted by molar-refractivity contribution is 9.11. The molecule has 0 spiro atoms. The van der Waals surface area contributed by atoms with Crippen molar-refractivity contribution in [2.24, 2.45) is 5.10 Å². The lowest BCUT2D eigenvalue weighted by atomic mass is 10.1. The van der Waals surface area contributed by atoms with Crippen LogP contribution < -0.4 is 10.2 Å². The topological polar surface area (TPSA) is 93.8 Å². The normalized spacial score (nSPS) is 11.0. The van der Waals surface area contributed by atoms with Crippen molar-refractivity contribution in [1.82, 2.24) is 10.6 Å². The van der Waals surface area contributed by atoms with Crippen LogP contribution in [0.3, 0.4) is 0 Å². The first-order chi connectivity index (χ1) is 16.8. The molecule has 176 valence electrons. The Balaban J connectivity index is 1.57. The molecular formula is C25H16Br2FN3O4. The van der Waals surface area contributed by atoms with Crippen LogP contribution in [0, 0.1) is 12.7 Å². The fourth-order valence-corrected chi connectivity index (χ4v) is 4.54. The summed E-state index contributed by atoms with van der Waals surface area (Å²) in [7, 11) is 0. The Morgan fingerprint density at radius 1 is 1.09 bits per heavy atom.